The minimum absolute atomic E-state index is 0.221. The lowest BCUT2D eigenvalue weighted by molar-refractivity contribution is 0.0819. The SMILES string of the molecule is CC1CCCN(C2(CN)CCc3ccccc3C2)CC1. The fourth-order valence-electron chi connectivity index (χ4n) is 4.09. The molecular weight excluding hydrogens is 244 g/mol. The molecule has 1 heterocycles. The van der Waals surface area contributed by atoms with Gasteiger partial charge >= 0.3 is 0 Å². The van der Waals surface area contributed by atoms with Crippen molar-refractivity contribution in [2.75, 3.05) is 19.6 Å². The van der Waals surface area contributed by atoms with Gasteiger partial charge in [0.25, 0.3) is 0 Å². The number of fused-ring (bicyclic) bond motifs is 1. The molecule has 1 saturated heterocycles. The highest BCUT2D eigenvalue weighted by molar-refractivity contribution is 5.32. The first kappa shape index (κ1) is 14.1. The second kappa shape index (κ2) is 5.87. The second-order valence-electron chi connectivity index (χ2n) is 6.90. The van der Waals surface area contributed by atoms with E-state index in [9.17, 15) is 0 Å². The van der Waals surface area contributed by atoms with Crippen LogP contribution in [0.5, 0.6) is 0 Å². The Hall–Kier alpha value is -0.860. The van der Waals surface area contributed by atoms with Crippen LogP contribution in [0, 0.1) is 5.92 Å². The molecule has 2 unspecified atom stereocenters. The van der Waals surface area contributed by atoms with Crippen molar-refractivity contribution in [1.82, 2.24) is 4.90 Å². The molecule has 3 rings (SSSR count). The molecule has 1 aromatic carbocycles. The Labute approximate surface area is 123 Å². The third kappa shape index (κ3) is 2.64. The highest BCUT2D eigenvalue weighted by Crippen LogP contribution is 2.34. The molecule has 1 aliphatic heterocycles. The summed E-state index contributed by atoms with van der Waals surface area (Å²) in [7, 11) is 0. The van der Waals surface area contributed by atoms with Crippen LogP contribution in [-0.2, 0) is 12.8 Å². The first-order chi connectivity index (χ1) is 9.73. The lowest BCUT2D eigenvalue weighted by Gasteiger charge is -2.46. The Balaban J connectivity index is 1.82. The standard InChI is InChI=1S/C18H28N2/c1-15-5-4-11-20(12-9-15)18(14-19)10-8-16-6-2-3-7-17(16)13-18/h2-3,6-7,15H,4-5,8-14,19H2,1H3. The Morgan fingerprint density at radius 1 is 1.20 bits per heavy atom. The van der Waals surface area contributed by atoms with Gasteiger partial charge in [-0.25, -0.2) is 0 Å². The summed E-state index contributed by atoms with van der Waals surface area (Å²) in [5.74, 6) is 0.880. The van der Waals surface area contributed by atoms with Crippen molar-refractivity contribution in [3.63, 3.8) is 0 Å². The lowest BCUT2D eigenvalue weighted by atomic mass is 9.76. The van der Waals surface area contributed by atoms with Crippen LogP contribution in [0.25, 0.3) is 0 Å². The third-order valence-corrected chi connectivity index (χ3v) is 5.57. The predicted octanol–water partition coefficient (Wildman–Crippen LogP) is 2.99. The number of likely N-dealkylation sites (tertiary alicyclic amines) is 1. The molecule has 2 nitrogen and oxygen atoms in total. The summed E-state index contributed by atoms with van der Waals surface area (Å²) in [6, 6.07) is 8.94. The number of nitrogens with zero attached hydrogens (tertiary/aromatic N) is 1. The van der Waals surface area contributed by atoms with E-state index in [-0.39, 0.29) is 5.54 Å². The molecule has 2 atom stereocenters. The van der Waals surface area contributed by atoms with Gasteiger partial charge < -0.3 is 5.73 Å². The van der Waals surface area contributed by atoms with Gasteiger partial charge in [-0.3, -0.25) is 4.90 Å². The first-order valence-corrected chi connectivity index (χ1v) is 8.25. The Kier molecular flexibility index (Phi) is 4.13. The van der Waals surface area contributed by atoms with E-state index in [1.54, 1.807) is 5.56 Å². The average Bonchev–Trinajstić information content (AvgIpc) is 2.72. The van der Waals surface area contributed by atoms with Gasteiger partial charge in [-0.05, 0) is 68.7 Å². The highest BCUT2D eigenvalue weighted by Gasteiger charge is 2.38. The molecule has 1 aromatic rings. The topological polar surface area (TPSA) is 29.3 Å². The average molecular weight is 272 g/mol. The Bertz CT molecular complexity index is 456. The van der Waals surface area contributed by atoms with Crippen LogP contribution in [0.15, 0.2) is 24.3 Å². The lowest BCUT2D eigenvalue weighted by Crippen LogP contribution is -2.57. The van der Waals surface area contributed by atoms with E-state index in [1.165, 1.54) is 50.8 Å². The van der Waals surface area contributed by atoms with E-state index in [2.05, 4.69) is 36.1 Å². The fraction of sp³-hybridized carbons (Fsp3) is 0.667. The number of hydrogen-bond acceptors (Lipinski definition) is 2. The van der Waals surface area contributed by atoms with Gasteiger partial charge in [0.1, 0.15) is 0 Å². The van der Waals surface area contributed by atoms with Crippen LogP contribution in [0.1, 0.15) is 43.7 Å². The quantitative estimate of drug-likeness (QED) is 0.897. The zero-order chi connectivity index (χ0) is 14.0. The molecule has 2 aliphatic rings. The van der Waals surface area contributed by atoms with Crippen molar-refractivity contribution >= 4 is 0 Å². The molecule has 0 spiro atoms. The number of hydrogen-bond donors (Lipinski definition) is 1. The summed E-state index contributed by atoms with van der Waals surface area (Å²) in [6.45, 7) is 5.68. The van der Waals surface area contributed by atoms with Crippen molar-refractivity contribution in [2.45, 2.75) is 51.0 Å². The number of rotatable bonds is 2. The molecule has 20 heavy (non-hydrogen) atoms. The normalized spacial score (nSPS) is 31.6. The zero-order valence-electron chi connectivity index (χ0n) is 12.8. The van der Waals surface area contributed by atoms with Gasteiger partial charge in [0.15, 0.2) is 0 Å². The van der Waals surface area contributed by atoms with Crippen molar-refractivity contribution in [3.8, 4) is 0 Å². The van der Waals surface area contributed by atoms with Gasteiger partial charge in [0.2, 0.25) is 0 Å². The van der Waals surface area contributed by atoms with E-state index in [0.29, 0.717) is 0 Å². The summed E-state index contributed by atoms with van der Waals surface area (Å²) in [6.07, 6.45) is 7.63. The van der Waals surface area contributed by atoms with Crippen LogP contribution in [0.2, 0.25) is 0 Å². The van der Waals surface area contributed by atoms with Gasteiger partial charge in [-0.1, -0.05) is 31.2 Å². The molecule has 1 fully saturated rings. The minimum atomic E-state index is 0.221. The zero-order valence-corrected chi connectivity index (χ0v) is 12.8. The van der Waals surface area contributed by atoms with E-state index in [4.69, 9.17) is 5.73 Å². The van der Waals surface area contributed by atoms with Crippen LogP contribution >= 0.6 is 0 Å². The summed E-state index contributed by atoms with van der Waals surface area (Å²) >= 11 is 0. The van der Waals surface area contributed by atoms with Crippen molar-refractivity contribution in [1.29, 1.82) is 0 Å². The Morgan fingerprint density at radius 2 is 2.00 bits per heavy atom. The Morgan fingerprint density at radius 3 is 2.80 bits per heavy atom. The van der Waals surface area contributed by atoms with Gasteiger partial charge in [-0.15, -0.1) is 0 Å². The molecule has 0 saturated carbocycles. The summed E-state index contributed by atoms with van der Waals surface area (Å²) in [5.41, 5.74) is 9.56. The smallest absolute Gasteiger partial charge is 0.0375 e. The summed E-state index contributed by atoms with van der Waals surface area (Å²) in [5, 5.41) is 0. The molecule has 0 aromatic heterocycles. The highest BCUT2D eigenvalue weighted by atomic mass is 15.2. The number of benzene rings is 1. The third-order valence-electron chi connectivity index (χ3n) is 5.57. The summed E-state index contributed by atoms with van der Waals surface area (Å²) in [4.78, 5) is 2.73. The van der Waals surface area contributed by atoms with Crippen LogP contribution in [0.3, 0.4) is 0 Å². The van der Waals surface area contributed by atoms with Gasteiger partial charge in [0.05, 0.1) is 0 Å². The van der Waals surface area contributed by atoms with Crippen LogP contribution in [0.4, 0.5) is 0 Å². The first-order valence-electron chi connectivity index (χ1n) is 8.25. The minimum Gasteiger partial charge on any atom is -0.329 e. The maximum Gasteiger partial charge on any atom is 0.0375 e. The van der Waals surface area contributed by atoms with Crippen molar-refractivity contribution in [3.05, 3.63) is 35.4 Å². The maximum atomic E-state index is 6.27. The largest absolute Gasteiger partial charge is 0.329 e. The number of nitrogens with two attached hydrogens (primary N) is 1. The molecule has 2 heteroatoms. The monoisotopic (exact) mass is 272 g/mol. The molecule has 0 radical (unpaired) electrons. The maximum absolute atomic E-state index is 6.27. The van der Waals surface area contributed by atoms with E-state index < -0.39 is 0 Å². The molecule has 1 aliphatic carbocycles. The number of aryl methyl sites for hydroxylation is 1. The molecule has 0 amide bonds. The van der Waals surface area contributed by atoms with Gasteiger partial charge in [-0.2, -0.15) is 0 Å². The van der Waals surface area contributed by atoms with E-state index >= 15 is 0 Å². The van der Waals surface area contributed by atoms with Crippen molar-refractivity contribution < 1.29 is 0 Å². The van der Waals surface area contributed by atoms with E-state index in [1.807, 2.05) is 0 Å². The second-order valence-corrected chi connectivity index (χ2v) is 6.90. The van der Waals surface area contributed by atoms with Crippen molar-refractivity contribution in [2.24, 2.45) is 11.7 Å². The molecule has 2 N–H and O–H groups in total. The van der Waals surface area contributed by atoms with E-state index in [0.717, 1.165) is 18.9 Å². The van der Waals surface area contributed by atoms with Gasteiger partial charge in [0, 0.05) is 12.1 Å². The van der Waals surface area contributed by atoms with Crippen LogP contribution in [-0.4, -0.2) is 30.1 Å². The molecular formula is C18H28N2. The molecule has 0 bridgehead atoms. The van der Waals surface area contributed by atoms with Crippen LogP contribution < -0.4 is 5.73 Å². The fourth-order valence-corrected chi connectivity index (χ4v) is 4.09. The molecule has 110 valence electrons. The summed E-state index contributed by atoms with van der Waals surface area (Å²) < 4.78 is 0. The predicted molar refractivity (Wildman–Crippen MR) is 84.8 cm³/mol.